The molecule has 0 aliphatic rings. The maximum Gasteiger partial charge on any atom is 0.360 e. The number of carbonyl (C=O) groups is 1. The number of hydrogen-bond acceptors (Lipinski definition) is 6. The van der Waals surface area contributed by atoms with E-state index in [0.29, 0.717) is 18.3 Å². The molecule has 2 aromatic rings. The van der Waals surface area contributed by atoms with Crippen LogP contribution >= 0.6 is 0 Å². The van der Waals surface area contributed by atoms with Crippen LogP contribution in [-0.4, -0.2) is 27.6 Å². The van der Waals surface area contributed by atoms with E-state index in [-0.39, 0.29) is 11.5 Å². The molecule has 0 aliphatic carbocycles. The van der Waals surface area contributed by atoms with Crippen molar-refractivity contribution in [2.75, 3.05) is 12.8 Å². The Morgan fingerprint density at radius 2 is 2.28 bits per heavy atom. The van der Waals surface area contributed by atoms with Crippen LogP contribution in [0.15, 0.2) is 10.6 Å². The second-order valence-electron chi connectivity index (χ2n) is 3.84. The average Bonchev–Trinajstić information content (AvgIpc) is 2.87. The minimum absolute atomic E-state index is 0.110. The number of esters is 1. The number of nitrogen functional groups attached to an aromatic ring is 1. The summed E-state index contributed by atoms with van der Waals surface area (Å²) in [6.45, 7) is 3.88. The average molecular weight is 250 g/mol. The normalized spacial score (nSPS) is 10.6. The zero-order chi connectivity index (χ0) is 13.3. The van der Waals surface area contributed by atoms with Gasteiger partial charge in [0.1, 0.15) is 23.9 Å². The van der Waals surface area contributed by atoms with Crippen LogP contribution in [0.2, 0.25) is 0 Å². The number of oxazole rings is 1. The van der Waals surface area contributed by atoms with Crippen LogP contribution in [0.5, 0.6) is 0 Å². The second kappa shape index (κ2) is 4.52. The van der Waals surface area contributed by atoms with Crippen molar-refractivity contribution in [1.29, 1.82) is 0 Å². The van der Waals surface area contributed by atoms with Crippen LogP contribution in [0.4, 0.5) is 5.82 Å². The number of nitrogens with zero attached hydrogens (tertiary/aromatic N) is 3. The molecule has 0 spiro atoms. The molecule has 0 aromatic carbocycles. The number of imidazole rings is 1. The fourth-order valence-corrected chi connectivity index (χ4v) is 1.64. The van der Waals surface area contributed by atoms with Crippen molar-refractivity contribution in [1.82, 2.24) is 14.5 Å². The summed E-state index contributed by atoms with van der Waals surface area (Å²) >= 11 is 0. The van der Waals surface area contributed by atoms with Gasteiger partial charge in [-0.25, -0.2) is 14.8 Å². The minimum atomic E-state index is -0.557. The Balaban J connectivity index is 2.34. The monoisotopic (exact) mass is 250 g/mol. The topological polar surface area (TPSA) is 96.2 Å². The minimum Gasteiger partial charge on any atom is -0.464 e. The van der Waals surface area contributed by atoms with Gasteiger partial charge in [0.2, 0.25) is 5.89 Å². The number of aromatic nitrogens is 3. The third-order valence-corrected chi connectivity index (χ3v) is 2.54. The lowest BCUT2D eigenvalue weighted by Crippen LogP contribution is -2.09. The van der Waals surface area contributed by atoms with Gasteiger partial charge in [-0.15, -0.1) is 0 Å². The van der Waals surface area contributed by atoms with E-state index in [1.807, 2.05) is 0 Å². The summed E-state index contributed by atoms with van der Waals surface area (Å²) in [6, 6.07) is 0. The van der Waals surface area contributed by atoms with Crippen molar-refractivity contribution in [2.24, 2.45) is 0 Å². The first-order valence-corrected chi connectivity index (χ1v) is 5.35. The number of hydrogen-bond donors (Lipinski definition) is 1. The van der Waals surface area contributed by atoms with Gasteiger partial charge in [-0.05, 0) is 13.8 Å². The molecule has 2 heterocycles. The molecule has 0 radical (unpaired) electrons. The van der Waals surface area contributed by atoms with Crippen LogP contribution < -0.4 is 5.73 Å². The number of nitrogens with two attached hydrogens (primary N) is 1. The summed E-state index contributed by atoms with van der Waals surface area (Å²) in [5.74, 6) is 1.52. The molecule has 2 rings (SSSR count). The quantitative estimate of drug-likeness (QED) is 0.813. The van der Waals surface area contributed by atoms with E-state index in [9.17, 15) is 4.79 Å². The SMILES string of the molecule is COC(=O)c1nc(C)n(Cc2ncc(C)o2)c1N. The summed E-state index contributed by atoms with van der Waals surface area (Å²) in [7, 11) is 1.29. The van der Waals surface area contributed by atoms with Crippen molar-refractivity contribution in [3.8, 4) is 0 Å². The van der Waals surface area contributed by atoms with E-state index in [0.717, 1.165) is 5.76 Å². The molecule has 0 bridgehead atoms. The van der Waals surface area contributed by atoms with Gasteiger partial charge >= 0.3 is 5.97 Å². The first-order valence-electron chi connectivity index (χ1n) is 5.35. The molecular weight excluding hydrogens is 236 g/mol. The Bertz CT molecular complexity index is 585. The van der Waals surface area contributed by atoms with Gasteiger partial charge in [-0.1, -0.05) is 0 Å². The van der Waals surface area contributed by atoms with Gasteiger partial charge < -0.3 is 19.5 Å². The van der Waals surface area contributed by atoms with Crippen molar-refractivity contribution in [3.05, 3.63) is 29.4 Å². The summed E-state index contributed by atoms with van der Waals surface area (Å²) in [5, 5.41) is 0. The molecule has 96 valence electrons. The molecule has 2 aromatic heterocycles. The molecular formula is C11H14N4O3. The number of carbonyl (C=O) groups excluding carboxylic acids is 1. The van der Waals surface area contributed by atoms with E-state index in [1.54, 1.807) is 24.6 Å². The summed E-state index contributed by atoms with van der Waals surface area (Å²) in [5.41, 5.74) is 5.97. The van der Waals surface area contributed by atoms with Gasteiger partial charge in [-0.3, -0.25) is 0 Å². The third-order valence-electron chi connectivity index (χ3n) is 2.54. The lowest BCUT2D eigenvalue weighted by molar-refractivity contribution is 0.0595. The van der Waals surface area contributed by atoms with Crippen molar-refractivity contribution in [2.45, 2.75) is 20.4 Å². The molecule has 2 N–H and O–H groups in total. The predicted molar refractivity (Wildman–Crippen MR) is 63.1 cm³/mol. The molecule has 0 fully saturated rings. The Morgan fingerprint density at radius 3 is 2.83 bits per heavy atom. The van der Waals surface area contributed by atoms with E-state index < -0.39 is 5.97 Å². The van der Waals surface area contributed by atoms with Gasteiger partial charge in [0.05, 0.1) is 13.3 Å². The highest BCUT2D eigenvalue weighted by molar-refractivity contribution is 5.92. The van der Waals surface area contributed by atoms with Crippen LogP contribution in [0.1, 0.15) is 28.0 Å². The number of methoxy groups -OCH3 is 1. The van der Waals surface area contributed by atoms with Crippen molar-refractivity contribution < 1.29 is 13.9 Å². The van der Waals surface area contributed by atoms with Crippen LogP contribution in [0.25, 0.3) is 0 Å². The van der Waals surface area contributed by atoms with Crippen LogP contribution in [-0.2, 0) is 11.3 Å². The maximum atomic E-state index is 11.4. The van der Waals surface area contributed by atoms with Gasteiger partial charge in [0.25, 0.3) is 0 Å². The Morgan fingerprint density at radius 1 is 1.56 bits per heavy atom. The Hall–Kier alpha value is -2.31. The fourth-order valence-electron chi connectivity index (χ4n) is 1.64. The summed E-state index contributed by atoms with van der Waals surface area (Å²) in [6.07, 6.45) is 1.62. The maximum absolute atomic E-state index is 11.4. The van der Waals surface area contributed by atoms with Gasteiger partial charge in [-0.2, -0.15) is 0 Å². The molecule has 0 saturated carbocycles. The Kier molecular flexibility index (Phi) is 3.05. The van der Waals surface area contributed by atoms with Crippen molar-refractivity contribution in [3.63, 3.8) is 0 Å². The lowest BCUT2D eigenvalue weighted by Gasteiger charge is -2.04. The number of ether oxygens (including phenoxy) is 1. The van der Waals surface area contributed by atoms with Crippen LogP contribution in [0, 0.1) is 13.8 Å². The number of aryl methyl sites for hydroxylation is 2. The lowest BCUT2D eigenvalue weighted by atomic mass is 10.4. The molecule has 0 atom stereocenters. The number of anilines is 1. The largest absolute Gasteiger partial charge is 0.464 e. The summed E-state index contributed by atoms with van der Waals surface area (Å²) in [4.78, 5) is 19.6. The first-order chi connectivity index (χ1) is 8.52. The van der Waals surface area contributed by atoms with E-state index >= 15 is 0 Å². The molecule has 0 unspecified atom stereocenters. The third kappa shape index (κ3) is 2.06. The Labute approximate surface area is 104 Å². The van der Waals surface area contributed by atoms with Crippen molar-refractivity contribution >= 4 is 11.8 Å². The zero-order valence-corrected chi connectivity index (χ0v) is 10.4. The highest BCUT2D eigenvalue weighted by Gasteiger charge is 2.20. The van der Waals surface area contributed by atoms with Gasteiger partial charge in [0, 0.05) is 0 Å². The smallest absolute Gasteiger partial charge is 0.360 e. The zero-order valence-electron chi connectivity index (χ0n) is 10.4. The highest BCUT2D eigenvalue weighted by atomic mass is 16.5. The summed E-state index contributed by atoms with van der Waals surface area (Å²) < 4.78 is 11.6. The molecule has 7 nitrogen and oxygen atoms in total. The van der Waals surface area contributed by atoms with Crippen LogP contribution in [0.3, 0.4) is 0 Å². The molecule has 0 aliphatic heterocycles. The van der Waals surface area contributed by atoms with E-state index in [4.69, 9.17) is 10.2 Å². The van der Waals surface area contributed by atoms with E-state index in [1.165, 1.54) is 7.11 Å². The number of rotatable bonds is 3. The molecule has 18 heavy (non-hydrogen) atoms. The predicted octanol–water partition coefficient (Wildman–Crippen LogP) is 0.905. The highest BCUT2D eigenvalue weighted by Crippen LogP contribution is 2.17. The molecule has 7 heteroatoms. The molecule has 0 amide bonds. The van der Waals surface area contributed by atoms with E-state index in [2.05, 4.69) is 14.7 Å². The standard InChI is InChI=1S/C11H14N4O3/c1-6-4-13-8(18-6)5-15-7(2)14-9(10(15)12)11(16)17-3/h4H,5,12H2,1-3H3. The fraction of sp³-hybridized carbons (Fsp3) is 0.364. The van der Waals surface area contributed by atoms with Gasteiger partial charge in [0.15, 0.2) is 5.69 Å². The first kappa shape index (κ1) is 12.2. The second-order valence-corrected chi connectivity index (χ2v) is 3.84. The molecule has 0 saturated heterocycles.